The molecule has 2 aromatic rings. The van der Waals surface area contributed by atoms with Gasteiger partial charge in [0.25, 0.3) is 0 Å². The van der Waals surface area contributed by atoms with Crippen molar-refractivity contribution in [3.05, 3.63) is 34.7 Å². The van der Waals surface area contributed by atoms with Gasteiger partial charge < -0.3 is 4.57 Å². The molecular formula is C9H7BrFN. The van der Waals surface area contributed by atoms with Crippen LogP contribution in [0.1, 0.15) is 0 Å². The summed E-state index contributed by atoms with van der Waals surface area (Å²) in [4.78, 5) is 0. The fraction of sp³-hybridized carbons (Fsp3) is 0.111. The van der Waals surface area contributed by atoms with Crippen molar-refractivity contribution < 1.29 is 4.39 Å². The van der Waals surface area contributed by atoms with E-state index in [1.165, 1.54) is 12.1 Å². The molecule has 1 aromatic heterocycles. The Labute approximate surface area is 77.9 Å². The molecule has 0 saturated heterocycles. The lowest BCUT2D eigenvalue weighted by molar-refractivity contribution is 0.628. The fourth-order valence-corrected chi connectivity index (χ4v) is 1.85. The lowest BCUT2D eigenvalue weighted by Crippen LogP contribution is -1.85. The molecule has 2 rings (SSSR count). The Kier molecular flexibility index (Phi) is 1.68. The first kappa shape index (κ1) is 7.80. The molecule has 0 bridgehead atoms. The molecule has 0 N–H and O–H groups in total. The molecule has 0 aliphatic rings. The Morgan fingerprint density at radius 3 is 2.92 bits per heavy atom. The molecule has 0 fully saturated rings. The van der Waals surface area contributed by atoms with Crippen LogP contribution in [0.3, 0.4) is 0 Å². The molecule has 1 nitrogen and oxygen atoms in total. The predicted molar refractivity (Wildman–Crippen MR) is 50.6 cm³/mol. The molecule has 12 heavy (non-hydrogen) atoms. The van der Waals surface area contributed by atoms with Crippen molar-refractivity contribution in [3.63, 3.8) is 0 Å². The molecule has 0 amide bonds. The van der Waals surface area contributed by atoms with E-state index in [-0.39, 0.29) is 5.82 Å². The van der Waals surface area contributed by atoms with Gasteiger partial charge in [-0.15, -0.1) is 0 Å². The van der Waals surface area contributed by atoms with Gasteiger partial charge in [0.15, 0.2) is 0 Å². The van der Waals surface area contributed by atoms with E-state index >= 15 is 0 Å². The Bertz CT molecular complexity index is 433. The predicted octanol–water partition coefficient (Wildman–Crippen LogP) is 3.08. The van der Waals surface area contributed by atoms with Crippen molar-refractivity contribution in [3.8, 4) is 0 Å². The highest BCUT2D eigenvalue weighted by molar-refractivity contribution is 9.10. The Morgan fingerprint density at radius 2 is 2.17 bits per heavy atom. The first-order chi connectivity index (χ1) is 5.68. The van der Waals surface area contributed by atoms with Crippen LogP contribution in [0.15, 0.2) is 28.9 Å². The number of benzene rings is 1. The van der Waals surface area contributed by atoms with Crippen molar-refractivity contribution in [2.45, 2.75) is 0 Å². The lowest BCUT2D eigenvalue weighted by Gasteiger charge is -1.97. The van der Waals surface area contributed by atoms with E-state index in [9.17, 15) is 4.39 Å². The third-order valence-corrected chi connectivity index (χ3v) is 2.57. The summed E-state index contributed by atoms with van der Waals surface area (Å²) in [5, 5.41) is 1.04. The molecule has 1 heterocycles. The molecule has 0 aliphatic heterocycles. The van der Waals surface area contributed by atoms with Crippen LogP contribution in [0.2, 0.25) is 0 Å². The van der Waals surface area contributed by atoms with E-state index in [2.05, 4.69) is 15.9 Å². The van der Waals surface area contributed by atoms with Crippen molar-refractivity contribution in [1.29, 1.82) is 0 Å². The molecule has 1 aromatic carbocycles. The van der Waals surface area contributed by atoms with Gasteiger partial charge in [0, 0.05) is 23.1 Å². The monoisotopic (exact) mass is 227 g/mol. The van der Waals surface area contributed by atoms with Gasteiger partial charge in [0.05, 0.1) is 5.52 Å². The van der Waals surface area contributed by atoms with Gasteiger partial charge in [-0.2, -0.15) is 0 Å². The fourth-order valence-electron chi connectivity index (χ4n) is 1.29. The van der Waals surface area contributed by atoms with Gasteiger partial charge in [0.1, 0.15) is 5.82 Å². The number of fused-ring (bicyclic) bond motifs is 1. The van der Waals surface area contributed by atoms with Gasteiger partial charge in [-0.25, -0.2) is 4.39 Å². The van der Waals surface area contributed by atoms with E-state index in [0.717, 1.165) is 15.4 Å². The zero-order chi connectivity index (χ0) is 8.72. The summed E-state index contributed by atoms with van der Waals surface area (Å²) in [5.41, 5.74) is 0.905. The smallest absolute Gasteiger partial charge is 0.126 e. The highest BCUT2D eigenvalue weighted by Crippen LogP contribution is 2.25. The number of halogens is 2. The quantitative estimate of drug-likeness (QED) is 0.652. The maximum Gasteiger partial charge on any atom is 0.126 e. The second kappa shape index (κ2) is 2.59. The molecule has 3 heteroatoms. The van der Waals surface area contributed by atoms with E-state index in [1.807, 2.05) is 23.9 Å². The minimum absolute atomic E-state index is 0.212. The highest BCUT2D eigenvalue weighted by Gasteiger charge is 2.03. The Hall–Kier alpha value is -0.830. The van der Waals surface area contributed by atoms with Crippen LogP contribution in [0.5, 0.6) is 0 Å². The molecule has 0 radical (unpaired) electrons. The van der Waals surface area contributed by atoms with Crippen LogP contribution in [0.4, 0.5) is 4.39 Å². The Balaban J connectivity index is 2.92. The average Bonchev–Trinajstić information content (AvgIpc) is 2.33. The summed E-state index contributed by atoms with van der Waals surface area (Å²) in [6.45, 7) is 0. The van der Waals surface area contributed by atoms with Crippen molar-refractivity contribution in [2.75, 3.05) is 0 Å². The summed E-state index contributed by atoms with van der Waals surface area (Å²) in [6, 6.07) is 4.96. The first-order valence-corrected chi connectivity index (χ1v) is 4.38. The minimum Gasteiger partial charge on any atom is -0.350 e. The van der Waals surface area contributed by atoms with Crippen LogP contribution < -0.4 is 0 Å². The number of aryl methyl sites for hydroxylation is 1. The van der Waals surface area contributed by atoms with E-state index in [1.54, 1.807) is 0 Å². The summed E-state index contributed by atoms with van der Waals surface area (Å²) < 4.78 is 15.6. The van der Waals surface area contributed by atoms with Crippen molar-refractivity contribution in [1.82, 2.24) is 4.57 Å². The van der Waals surface area contributed by atoms with Crippen LogP contribution in [0, 0.1) is 5.82 Å². The summed E-state index contributed by atoms with van der Waals surface area (Å²) in [6.07, 6.45) is 1.91. The van der Waals surface area contributed by atoms with Gasteiger partial charge >= 0.3 is 0 Å². The molecular weight excluding hydrogens is 221 g/mol. The standard InChI is InChI=1S/C9H7BrFN/c1-12-3-2-7-8(10)4-6(11)5-9(7)12/h2-5H,1H3. The molecule has 0 unspecified atom stereocenters. The second-order valence-electron chi connectivity index (χ2n) is 2.75. The number of aromatic nitrogens is 1. The zero-order valence-corrected chi connectivity index (χ0v) is 8.10. The maximum atomic E-state index is 12.9. The maximum absolute atomic E-state index is 12.9. The zero-order valence-electron chi connectivity index (χ0n) is 6.51. The number of hydrogen-bond acceptors (Lipinski definition) is 0. The largest absolute Gasteiger partial charge is 0.350 e. The number of nitrogens with zero attached hydrogens (tertiary/aromatic N) is 1. The molecule has 0 spiro atoms. The average molecular weight is 228 g/mol. The van der Waals surface area contributed by atoms with Gasteiger partial charge in [0.2, 0.25) is 0 Å². The Morgan fingerprint density at radius 1 is 1.42 bits per heavy atom. The topological polar surface area (TPSA) is 4.93 Å². The van der Waals surface area contributed by atoms with E-state index in [0.29, 0.717) is 0 Å². The first-order valence-electron chi connectivity index (χ1n) is 3.58. The number of rotatable bonds is 0. The third kappa shape index (κ3) is 1.05. The molecule has 0 atom stereocenters. The third-order valence-electron chi connectivity index (χ3n) is 1.92. The highest BCUT2D eigenvalue weighted by atomic mass is 79.9. The van der Waals surface area contributed by atoms with Crippen LogP contribution >= 0.6 is 15.9 Å². The molecule has 0 aliphatic carbocycles. The van der Waals surface area contributed by atoms with E-state index in [4.69, 9.17) is 0 Å². The minimum atomic E-state index is -0.212. The van der Waals surface area contributed by atoms with Crippen molar-refractivity contribution >= 4 is 26.8 Å². The summed E-state index contributed by atoms with van der Waals surface area (Å²) >= 11 is 3.31. The molecule has 62 valence electrons. The second-order valence-corrected chi connectivity index (χ2v) is 3.60. The van der Waals surface area contributed by atoms with E-state index < -0.39 is 0 Å². The van der Waals surface area contributed by atoms with Gasteiger partial charge in [-0.1, -0.05) is 0 Å². The van der Waals surface area contributed by atoms with Gasteiger partial charge in [-0.05, 0) is 34.1 Å². The van der Waals surface area contributed by atoms with Crippen molar-refractivity contribution in [2.24, 2.45) is 7.05 Å². The number of hydrogen-bond donors (Lipinski definition) is 0. The normalized spacial score (nSPS) is 10.9. The van der Waals surface area contributed by atoms with Crippen LogP contribution in [-0.4, -0.2) is 4.57 Å². The van der Waals surface area contributed by atoms with Crippen LogP contribution in [0.25, 0.3) is 10.9 Å². The summed E-state index contributed by atoms with van der Waals surface area (Å²) in [7, 11) is 1.90. The van der Waals surface area contributed by atoms with Gasteiger partial charge in [-0.3, -0.25) is 0 Å². The molecule has 0 saturated carbocycles. The SMILES string of the molecule is Cn1ccc2c(Br)cc(F)cc21. The summed E-state index contributed by atoms with van der Waals surface area (Å²) in [5.74, 6) is -0.212. The lowest BCUT2D eigenvalue weighted by atomic mass is 10.2. The van der Waals surface area contributed by atoms with Crippen LogP contribution in [-0.2, 0) is 7.05 Å².